The Hall–Kier alpha value is -2.28. The van der Waals surface area contributed by atoms with Crippen LogP contribution in [0, 0.1) is 12.7 Å². The standard InChI is InChI=1S/C15H15FO5S/c1-10-4-5-11(16)6-15(10)22(17,18)21-14-8-12(19-2)7-13(9-14)20-3/h4-9H,1-3H3. The Kier molecular flexibility index (Phi) is 4.56. The lowest BCUT2D eigenvalue weighted by Gasteiger charge is -2.11. The molecule has 0 atom stereocenters. The van der Waals surface area contributed by atoms with Crippen LogP contribution in [-0.2, 0) is 10.1 Å². The van der Waals surface area contributed by atoms with Gasteiger partial charge in [-0.05, 0) is 24.6 Å². The lowest BCUT2D eigenvalue weighted by molar-refractivity contribution is 0.390. The van der Waals surface area contributed by atoms with Gasteiger partial charge in [0, 0.05) is 18.2 Å². The van der Waals surface area contributed by atoms with E-state index in [1.807, 2.05) is 0 Å². The van der Waals surface area contributed by atoms with Crippen LogP contribution in [0.1, 0.15) is 5.56 Å². The number of benzene rings is 2. The Morgan fingerprint density at radius 1 is 0.909 bits per heavy atom. The highest BCUT2D eigenvalue weighted by atomic mass is 32.2. The fourth-order valence-electron chi connectivity index (χ4n) is 1.84. The number of halogens is 1. The van der Waals surface area contributed by atoms with Crippen molar-refractivity contribution in [2.45, 2.75) is 11.8 Å². The maximum atomic E-state index is 13.3. The Bertz CT molecular complexity index is 764. The quantitative estimate of drug-likeness (QED) is 0.791. The summed E-state index contributed by atoms with van der Waals surface area (Å²) < 4.78 is 53.0. The molecule has 118 valence electrons. The lowest BCUT2D eigenvalue weighted by Crippen LogP contribution is -2.11. The second-order valence-corrected chi connectivity index (χ2v) is 6.01. The third-order valence-electron chi connectivity index (χ3n) is 2.95. The molecular weight excluding hydrogens is 311 g/mol. The van der Waals surface area contributed by atoms with Crippen LogP contribution in [0.4, 0.5) is 4.39 Å². The molecule has 2 aromatic carbocycles. The zero-order valence-corrected chi connectivity index (χ0v) is 13.1. The molecule has 5 nitrogen and oxygen atoms in total. The number of aryl methyl sites for hydroxylation is 1. The minimum atomic E-state index is -4.17. The summed E-state index contributed by atoms with van der Waals surface area (Å²) in [7, 11) is -1.30. The van der Waals surface area contributed by atoms with E-state index in [1.165, 1.54) is 38.5 Å². The summed E-state index contributed by atoms with van der Waals surface area (Å²) in [6.45, 7) is 1.56. The maximum Gasteiger partial charge on any atom is 0.339 e. The zero-order chi connectivity index (χ0) is 16.3. The molecule has 0 aliphatic rings. The molecule has 0 aliphatic heterocycles. The van der Waals surface area contributed by atoms with Crippen molar-refractivity contribution in [2.24, 2.45) is 0 Å². The molecule has 0 aromatic heterocycles. The van der Waals surface area contributed by atoms with Crippen molar-refractivity contribution < 1.29 is 26.5 Å². The summed E-state index contributed by atoms with van der Waals surface area (Å²) in [6.07, 6.45) is 0. The van der Waals surface area contributed by atoms with Crippen LogP contribution in [0.5, 0.6) is 17.2 Å². The predicted molar refractivity (Wildman–Crippen MR) is 78.5 cm³/mol. The maximum absolute atomic E-state index is 13.3. The highest BCUT2D eigenvalue weighted by Crippen LogP contribution is 2.30. The van der Waals surface area contributed by atoms with E-state index < -0.39 is 15.9 Å². The molecule has 0 saturated heterocycles. The van der Waals surface area contributed by atoms with Crippen LogP contribution in [0.25, 0.3) is 0 Å². The first kappa shape index (κ1) is 16.1. The number of rotatable bonds is 5. The van der Waals surface area contributed by atoms with Gasteiger partial charge in [-0.3, -0.25) is 0 Å². The molecule has 0 aliphatic carbocycles. The van der Waals surface area contributed by atoms with Gasteiger partial charge in [-0.2, -0.15) is 8.42 Å². The van der Waals surface area contributed by atoms with Crippen LogP contribution in [0.3, 0.4) is 0 Å². The van der Waals surface area contributed by atoms with Crippen LogP contribution in [0.2, 0.25) is 0 Å². The van der Waals surface area contributed by atoms with Gasteiger partial charge in [0.2, 0.25) is 0 Å². The molecule has 2 rings (SSSR count). The lowest BCUT2D eigenvalue weighted by atomic mass is 10.2. The molecule has 0 saturated carbocycles. The van der Waals surface area contributed by atoms with Crippen LogP contribution >= 0.6 is 0 Å². The van der Waals surface area contributed by atoms with Gasteiger partial charge in [0.1, 0.15) is 28.0 Å². The summed E-state index contributed by atoms with van der Waals surface area (Å²) in [4.78, 5) is -0.228. The van der Waals surface area contributed by atoms with Crippen molar-refractivity contribution in [2.75, 3.05) is 14.2 Å². The van der Waals surface area contributed by atoms with Crippen LogP contribution in [0.15, 0.2) is 41.3 Å². The molecule has 0 fully saturated rings. The fraction of sp³-hybridized carbons (Fsp3) is 0.200. The first-order valence-corrected chi connectivity index (χ1v) is 7.70. The first-order valence-electron chi connectivity index (χ1n) is 6.29. The first-order chi connectivity index (χ1) is 10.4. The van der Waals surface area contributed by atoms with Crippen molar-refractivity contribution in [3.8, 4) is 17.2 Å². The van der Waals surface area contributed by atoms with Gasteiger partial charge in [-0.1, -0.05) is 6.07 Å². The minimum Gasteiger partial charge on any atom is -0.496 e. The Morgan fingerprint density at radius 3 is 2.00 bits per heavy atom. The van der Waals surface area contributed by atoms with E-state index in [-0.39, 0.29) is 10.6 Å². The molecular formula is C15H15FO5S. The summed E-state index contributed by atoms with van der Waals surface area (Å²) in [6, 6.07) is 7.85. The van der Waals surface area contributed by atoms with Gasteiger partial charge in [0.05, 0.1) is 14.2 Å². The SMILES string of the molecule is COc1cc(OC)cc(OS(=O)(=O)c2cc(F)ccc2C)c1. The number of hydrogen-bond acceptors (Lipinski definition) is 5. The van der Waals surface area contributed by atoms with Crippen molar-refractivity contribution in [1.29, 1.82) is 0 Å². The number of ether oxygens (including phenoxy) is 2. The zero-order valence-electron chi connectivity index (χ0n) is 12.3. The topological polar surface area (TPSA) is 61.8 Å². The van der Waals surface area contributed by atoms with Gasteiger partial charge < -0.3 is 13.7 Å². The third kappa shape index (κ3) is 3.48. The Balaban J connectivity index is 2.42. The summed E-state index contributed by atoms with van der Waals surface area (Å²) in [5.41, 5.74) is 0.385. The molecule has 0 amide bonds. The van der Waals surface area contributed by atoms with Crippen LogP contribution in [-0.4, -0.2) is 22.6 Å². The van der Waals surface area contributed by atoms with E-state index in [0.29, 0.717) is 17.1 Å². The number of methoxy groups -OCH3 is 2. The highest BCUT2D eigenvalue weighted by molar-refractivity contribution is 7.87. The van der Waals surface area contributed by atoms with E-state index >= 15 is 0 Å². The second-order valence-electron chi connectivity index (χ2n) is 4.50. The average Bonchev–Trinajstić information content (AvgIpc) is 2.48. The molecule has 7 heteroatoms. The van der Waals surface area contributed by atoms with Gasteiger partial charge in [0.25, 0.3) is 0 Å². The van der Waals surface area contributed by atoms with Crippen molar-refractivity contribution in [3.63, 3.8) is 0 Å². The van der Waals surface area contributed by atoms with Gasteiger partial charge >= 0.3 is 10.1 Å². The molecule has 2 aromatic rings. The predicted octanol–water partition coefficient (Wildman–Crippen LogP) is 2.92. The van der Waals surface area contributed by atoms with E-state index in [4.69, 9.17) is 13.7 Å². The molecule has 0 heterocycles. The summed E-state index contributed by atoms with van der Waals surface area (Å²) in [5, 5.41) is 0. The van der Waals surface area contributed by atoms with Crippen LogP contribution < -0.4 is 13.7 Å². The van der Waals surface area contributed by atoms with E-state index in [0.717, 1.165) is 6.07 Å². The molecule has 22 heavy (non-hydrogen) atoms. The molecule has 0 bridgehead atoms. The molecule has 0 radical (unpaired) electrons. The second kappa shape index (κ2) is 6.23. The fourth-order valence-corrected chi connectivity index (χ4v) is 3.00. The molecule has 0 unspecified atom stereocenters. The Labute approximate surface area is 128 Å². The highest BCUT2D eigenvalue weighted by Gasteiger charge is 2.21. The van der Waals surface area contributed by atoms with E-state index in [9.17, 15) is 12.8 Å². The summed E-state index contributed by atoms with van der Waals surface area (Å²) in [5.74, 6) is 0.108. The van der Waals surface area contributed by atoms with E-state index in [1.54, 1.807) is 13.0 Å². The number of hydrogen-bond donors (Lipinski definition) is 0. The van der Waals surface area contributed by atoms with Gasteiger partial charge in [-0.15, -0.1) is 0 Å². The molecule has 0 spiro atoms. The van der Waals surface area contributed by atoms with Gasteiger partial charge in [0.15, 0.2) is 0 Å². The smallest absolute Gasteiger partial charge is 0.339 e. The monoisotopic (exact) mass is 326 g/mol. The largest absolute Gasteiger partial charge is 0.496 e. The van der Waals surface area contributed by atoms with E-state index in [2.05, 4.69) is 0 Å². The van der Waals surface area contributed by atoms with Crippen molar-refractivity contribution >= 4 is 10.1 Å². The van der Waals surface area contributed by atoms with Crippen molar-refractivity contribution in [1.82, 2.24) is 0 Å². The summed E-state index contributed by atoms with van der Waals surface area (Å²) >= 11 is 0. The third-order valence-corrected chi connectivity index (χ3v) is 4.34. The molecule has 0 N–H and O–H groups in total. The van der Waals surface area contributed by atoms with Crippen molar-refractivity contribution in [3.05, 3.63) is 47.8 Å². The average molecular weight is 326 g/mol. The normalized spacial score (nSPS) is 11.1. The minimum absolute atomic E-state index is 0.0138. The van der Waals surface area contributed by atoms with Gasteiger partial charge in [-0.25, -0.2) is 4.39 Å². The Morgan fingerprint density at radius 2 is 1.45 bits per heavy atom.